The number of sulfonamides is 1. The highest BCUT2D eigenvalue weighted by Crippen LogP contribution is 2.23. The number of anilines is 1. The van der Waals surface area contributed by atoms with Gasteiger partial charge in [-0.1, -0.05) is 30.3 Å². The van der Waals surface area contributed by atoms with Crippen LogP contribution in [0.4, 0.5) is 5.69 Å². The van der Waals surface area contributed by atoms with Gasteiger partial charge in [-0.2, -0.15) is 0 Å². The summed E-state index contributed by atoms with van der Waals surface area (Å²) < 4.78 is 34.5. The number of hydrogen-bond acceptors (Lipinski definition) is 6. The lowest BCUT2D eigenvalue weighted by atomic mass is 10.2. The van der Waals surface area contributed by atoms with E-state index in [-0.39, 0.29) is 0 Å². The van der Waals surface area contributed by atoms with E-state index >= 15 is 0 Å². The molecule has 0 aliphatic carbocycles. The number of nitrogens with zero attached hydrogens (tertiary/aromatic N) is 4. The minimum Gasteiger partial charge on any atom is -0.439 e. The van der Waals surface area contributed by atoms with Gasteiger partial charge < -0.3 is 4.74 Å². The molecule has 2 aromatic heterocycles. The lowest BCUT2D eigenvalue weighted by Gasteiger charge is -2.08. The minimum atomic E-state index is -3.64. The second-order valence-corrected chi connectivity index (χ2v) is 7.74. The number of rotatable bonds is 7. The van der Waals surface area contributed by atoms with Gasteiger partial charge in [0.05, 0.1) is 5.41 Å². The maximum absolute atomic E-state index is 12.2. The summed E-state index contributed by atoms with van der Waals surface area (Å²) in [6.45, 7) is 0. The van der Waals surface area contributed by atoms with Gasteiger partial charge in [-0.15, -0.1) is 0 Å². The second kappa shape index (κ2) is 8.58. The molecule has 0 amide bonds. The second-order valence-electron chi connectivity index (χ2n) is 6.17. The molecule has 9 heteroatoms. The van der Waals surface area contributed by atoms with Crippen molar-refractivity contribution in [1.82, 2.24) is 19.5 Å². The van der Waals surface area contributed by atoms with Gasteiger partial charge in [-0.05, 0) is 35.9 Å². The number of ether oxygens (including phenoxy) is 1. The summed E-state index contributed by atoms with van der Waals surface area (Å²) in [5, 5.41) is 1.13. The zero-order valence-electron chi connectivity index (χ0n) is 15.7. The van der Waals surface area contributed by atoms with Crippen molar-refractivity contribution in [3.05, 3.63) is 96.7 Å². The number of imidazole rings is 1. The third-order valence-corrected chi connectivity index (χ3v) is 4.99. The molecule has 0 saturated heterocycles. The van der Waals surface area contributed by atoms with Crippen molar-refractivity contribution in [2.24, 2.45) is 0 Å². The molecule has 0 atom stereocenters. The Labute approximate surface area is 173 Å². The summed E-state index contributed by atoms with van der Waals surface area (Å²) in [5.41, 5.74) is 1.22. The van der Waals surface area contributed by atoms with Crippen LogP contribution in [0.5, 0.6) is 11.6 Å². The average Bonchev–Trinajstić information content (AvgIpc) is 3.30. The van der Waals surface area contributed by atoms with Crippen LogP contribution in [-0.2, 0) is 10.0 Å². The third-order valence-electron chi connectivity index (χ3n) is 3.97. The van der Waals surface area contributed by atoms with Crippen molar-refractivity contribution in [2.45, 2.75) is 0 Å². The van der Waals surface area contributed by atoms with Crippen molar-refractivity contribution in [1.29, 1.82) is 0 Å². The fraction of sp³-hybridized carbons (Fsp3) is 0. The summed E-state index contributed by atoms with van der Waals surface area (Å²) in [5.74, 6) is 1.48. The molecule has 4 rings (SSSR count). The van der Waals surface area contributed by atoms with Crippen LogP contribution in [0.15, 0.2) is 91.1 Å². The molecule has 8 nitrogen and oxygen atoms in total. The first-order chi connectivity index (χ1) is 14.6. The molecule has 0 unspecified atom stereocenters. The number of hydrogen-bond donors (Lipinski definition) is 1. The molecule has 0 aliphatic rings. The van der Waals surface area contributed by atoms with Crippen molar-refractivity contribution in [3.8, 4) is 17.4 Å². The van der Waals surface area contributed by atoms with Crippen LogP contribution in [0, 0.1) is 0 Å². The Kier molecular flexibility index (Phi) is 5.53. The van der Waals surface area contributed by atoms with E-state index in [1.165, 1.54) is 12.4 Å². The highest BCUT2D eigenvalue weighted by atomic mass is 32.2. The van der Waals surface area contributed by atoms with Crippen LogP contribution in [0.1, 0.15) is 5.56 Å². The predicted molar refractivity (Wildman–Crippen MR) is 114 cm³/mol. The molecule has 0 spiro atoms. The molecule has 0 radical (unpaired) electrons. The molecule has 150 valence electrons. The Morgan fingerprint density at radius 1 is 1.00 bits per heavy atom. The van der Waals surface area contributed by atoms with E-state index in [1.807, 2.05) is 30.3 Å². The van der Waals surface area contributed by atoms with Crippen molar-refractivity contribution >= 4 is 21.8 Å². The Bertz CT molecular complexity index is 1240. The fourth-order valence-electron chi connectivity index (χ4n) is 2.56. The van der Waals surface area contributed by atoms with E-state index < -0.39 is 10.0 Å². The van der Waals surface area contributed by atoms with Crippen molar-refractivity contribution in [2.75, 3.05) is 4.72 Å². The Morgan fingerprint density at radius 3 is 2.53 bits per heavy atom. The predicted octanol–water partition coefficient (Wildman–Crippen LogP) is 3.87. The average molecular weight is 419 g/mol. The molecule has 0 bridgehead atoms. The van der Waals surface area contributed by atoms with Gasteiger partial charge in [0.1, 0.15) is 24.2 Å². The van der Waals surface area contributed by atoms with Crippen LogP contribution in [0.2, 0.25) is 0 Å². The Hall–Kier alpha value is -3.98. The third kappa shape index (κ3) is 5.09. The smallest absolute Gasteiger partial charge is 0.255 e. The van der Waals surface area contributed by atoms with E-state index in [4.69, 9.17) is 4.74 Å². The minimum absolute atomic E-state index is 0.354. The van der Waals surface area contributed by atoms with Crippen molar-refractivity contribution in [3.63, 3.8) is 0 Å². The summed E-state index contributed by atoms with van der Waals surface area (Å²) in [6, 6.07) is 17.4. The summed E-state index contributed by atoms with van der Waals surface area (Å²) in [4.78, 5) is 12.2. The van der Waals surface area contributed by atoms with Gasteiger partial charge in [-0.25, -0.2) is 23.4 Å². The van der Waals surface area contributed by atoms with Gasteiger partial charge in [0.25, 0.3) is 10.0 Å². The van der Waals surface area contributed by atoms with Crippen LogP contribution in [-0.4, -0.2) is 27.9 Å². The quantitative estimate of drug-likeness (QED) is 0.488. The number of aromatic nitrogens is 4. The van der Waals surface area contributed by atoms with Crippen LogP contribution in [0.3, 0.4) is 0 Å². The van der Waals surface area contributed by atoms with Crippen LogP contribution >= 0.6 is 0 Å². The van der Waals surface area contributed by atoms with E-state index in [9.17, 15) is 8.42 Å². The van der Waals surface area contributed by atoms with Gasteiger partial charge in [0.15, 0.2) is 0 Å². The first-order valence-corrected chi connectivity index (χ1v) is 10.5. The normalized spacial score (nSPS) is 11.5. The molecular weight excluding hydrogens is 402 g/mol. The molecule has 2 aromatic carbocycles. The summed E-state index contributed by atoms with van der Waals surface area (Å²) >= 11 is 0. The highest BCUT2D eigenvalue weighted by Gasteiger charge is 2.07. The molecule has 4 aromatic rings. The molecular formula is C21H17N5O3S. The van der Waals surface area contributed by atoms with E-state index in [2.05, 4.69) is 19.7 Å². The Balaban J connectivity index is 1.42. The van der Waals surface area contributed by atoms with Gasteiger partial charge in [-0.3, -0.25) is 9.29 Å². The van der Waals surface area contributed by atoms with Gasteiger partial charge >= 0.3 is 0 Å². The zero-order chi connectivity index (χ0) is 20.8. The number of nitrogens with one attached hydrogen (secondary N) is 1. The molecule has 0 saturated carbocycles. The van der Waals surface area contributed by atoms with E-state index in [0.717, 1.165) is 11.0 Å². The maximum Gasteiger partial charge on any atom is 0.255 e. The summed E-state index contributed by atoms with van der Waals surface area (Å²) in [7, 11) is -3.64. The topological polar surface area (TPSA) is 99.0 Å². The molecule has 2 heterocycles. The lowest BCUT2D eigenvalue weighted by Crippen LogP contribution is -2.08. The highest BCUT2D eigenvalue weighted by molar-refractivity contribution is 7.95. The van der Waals surface area contributed by atoms with Crippen LogP contribution in [0.25, 0.3) is 11.9 Å². The Morgan fingerprint density at radius 2 is 1.80 bits per heavy atom. The molecule has 30 heavy (non-hydrogen) atoms. The standard InChI is InChI=1S/C21H17N5O3S/c27-30(28,13-10-17-4-2-1-3-5-17)25-18-6-8-19(9-7-18)29-21-14-20(23-15-24-21)26-12-11-22-16-26/h1-16,25H/b13-10+. The first-order valence-electron chi connectivity index (χ1n) is 8.92. The fourth-order valence-corrected chi connectivity index (χ4v) is 3.43. The first kappa shape index (κ1) is 19.3. The molecule has 1 N–H and O–H groups in total. The van der Waals surface area contributed by atoms with Crippen LogP contribution < -0.4 is 9.46 Å². The zero-order valence-corrected chi connectivity index (χ0v) is 16.5. The molecule has 0 aliphatic heterocycles. The largest absolute Gasteiger partial charge is 0.439 e. The maximum atomic E-state index is 12.2. The van der Waals surface area contributed by atoms with E-state index in [0.29, 0.717) is 23.1 Å². The number of benzene rings is 2. The monoisotopic (exact) mass is 419 g/mol. The van der Waals surface area contributed by atoms with Crippen molar-refractivity contribution < 1.29 is 13.2 Å². The van der Waals surface area contributed by atoms with E-state index in [1.54, 1.807) is 53.6 Å². The SMILES string of the molecule is O=S(=O)(/C=C/c1ccccc1)Nc1ccc(Oc2cc(-n3ccnc3)ncn2)cc1. The lowest BCUT2D eigenvalue weighted by molar-refractivity contribution is 0.461. The van der Waals surface area contributed by atoms with Gasteiger partial charge in [0, 0.05) is 24.1 Å². The molecule has 0 fully saturated rings. The van der Waals surface area contributed by atoms with Gasteiger partial charge in [0.2, 0.25) is 5.88 Å². The summed E-state index contributed by atoms with van der Waals surface area (Å²) in [6.07, 6.45) is 7.97.